The van der Waals surface area contributed by atoms with E-state index < -0.39 is 34.2 Å². The highest BCUT2D eigenvalue weighted by molar-refractivity contribution is 7.89. The van der Waals surface area contributed by atoms with Crippen LogP contribution >= 0.6 is 11.6 Å². The Kier molecular flexibility index (Phi) is 5.71. The number of halogens is 4. The molecule has 0 saturated carbocycles. The number of rotatable bonds is 5. The number of amides is 1. The number of anilines is 1. The topological polar surface area (TPSA) is 75.3 Å². The molecule has 2 N–H and O–H groups in total. The van der Waals surface area contributed by atoms with Gasteiger partial charge < -0.3 is 5.32 Å². The number of hydrogen-bond acceptors (Lipinski definition) is 3. The van der Waals surface area contributed by atoms with Crippen molar-refractivity contribution in [1.29, 1.82) is 0 Å². The lowest BCUT2D eigenvalue weighted by Crippen LogP contribution is -2.33. The highest BCUT2D eigenvalue weighted by Gasteiger charge is 2.30. The fourth-order valence-corrected chi connectivity index (χ4v) is 3.35. The van der Waals surface area contributed by atoms with Crippen LogP contribution in [-0.4, -0.2) is 20.9 Å². The second-order valence-corrected chi connectivity index (χ2v) is 7.02. The maximum Gasteiger partial charge on any atom is 0.416 e. The number of alkyl halides is 3. The molecule has 25 heavy (non-hydrogen) atoms. The van der Waals surface area contributed by atoms with E-state index in [1.165, 1.54) is 18.2 Å². The highest BCUT2D eigenvalue weighted by Crippen LogP contribution is 2.29. The van der Waals surface area contributed by atoms with Gasteiger partial charge in [-0.15, -0.1) is 0 Å². The summed E-state index contributed by atoms with van der Waals surface area (Å²) in [6, 6.07) is 9.46. The van der Waals surface area contributed by atoms with E-state index in [1.807, 2.05) is 0 Å². The molecule has 0 aromatic heterocycles. The van der Waals surface area contributed by atoms with Crippen molar-refractivity contribution in [2.45, 2.75) is 11.1 Å². The van der Waals surface area contributed by atoms with E-state index >= 15 is 0 Å². The summed E-state index contributed by atoms with van der Waals surface area (Å²) in [4.78, 5) is 11.6. The number of sulfonamides is 1. The highest BCUT2D eigenvalue weighted by atomic mass is 35.5. The van der Waals surface area contributed by atoms with Gasteiger partial charge in [0.05, 0.1) is 17.1 Å². The second-order valence-electron chi connectivity index (χ2n) is 4.88. The van der Waals surface area contributed by atoms with Crippen LogP contribution in [-0.2, 0) is 21.0 Å². The Labute approximate surface area is 146 Å². The fourth-order valence-electron chi connectivity index (χ4n) is 1.85. The van der Waals surface area contributed by atoms with E-state index in [4.69, 9.17) is 11.6 Å². The van der Waals surface area contributed by atoms with Gasteiger partial charge in [0.15, 0.2) is 0 Å². The van der Waals surface area contributed by atoms with Crippen molar-refractivity contribution in [2.24, 2.45) is 0 Å². The van der Waals surface area contributed by atoms with Crippen LogP contribution in [0, 0.1) is 0 Å². The molecule has 0 spiro atoms. The van der Waals surface area contributed by atoms with Crippen LogP contribution < -0.4 is 10.0 Å². The Morgan fingerprint density at radius 1 is 1.04 bits per heavy atom. The molecule has 0 fully saturated rings. The molecule has 2 rings (SSSR count). The standard InChI is InChI=1S/C15H12ClF3N2O3S/c16-12-3-1-2-4-13(12)25(23,24)20-9-14(22)21-11-7-5-10(6-8-11)15(17,18)19/h1-8,20H,9H2,(H,21,22). The van der Waals surface area contributed by atoms with Crippen LogP contribution in [0.1, 0.15) is 5.56 Å². The minimum Gasteiger partial charge on any atom is -0.325 e. The number of nitrogens with one attached hydrogen (secondary N) is 2. The lowest BCUT2D eigenvalue weighted by Gasteiger charge is -2.10. The molecule has 0 aliphatic rings. The van der Waals surface area contributed by atoms with Gasteiger partial charge in [0.1, 0.15) is 4.90 Å². The quantitative estimate of drug-likeness (QED) is 0.820. The number of carbonyl (C=O) groups excluding carboxylic acids is 1. The van der Waals surface area contributed by atoms with Gasteiger partial charge in [0, 0.05) is 5.69 Å². The smallest absolute Gasteiger partial charge is 0.325 e. The maximum absolute atomic E-state index is 12.5. The van der Waals surface area contributed by atoms with E-state index in [9.17, 15) is 26.4 Å². The zero-order valence-corrected chi connectivity index (χ0v) is 14.0. The molecular weight excluding hydrogens is 381 g/mol. The van der Waals surface area contributed by atoms with Crippen LogP contribution in [0.4, 0.5) is 18.9 Å². The zero-order chi connectivity index (χ0) is 18.7. The summed E-state index contributed by atoms with van der Waals surface area (Å²) in [5.41, 5.74) is -0.750. The summed E-state index contributed by atoms with van der Waals surface area (Å²) in [6.45, 7) is -0.603. The number of carbonyl (C=O) groups is 1. The van der Waals surface area contributed by atoms with Gasteiger partial charge in [-0.2, -0.15) is 13.2 Å². The largest absolute Gasteiger partial charge is 0.416 e. The Hall–Kier alpha value is -2.10. The van der Waals surface area contributed by atoms with Gasteiger partial charge in [0.2, 0.25) is 15.9 Å². The Morgan fingerprint density at radius 3 is 2.20 bits per heavy atom. The van der Waals surface area contributed by atoms with Crippen molar-refractivity contribution in [2.75, 3.05) is 11.9 Å². The molecular formula is C15H12ClF3N2O3S. The van der Waals surface area contributed by atoms with Gasteiger partial charge in [-0.1, -0.05) is 23.7 Å². The lowest BCUT2D eigenvalue weighted by molar-refractivity contribution is -0.137. The van der Waals surface area contributed by atoms with Gasteiger partial charge in [0.25, 0.3) is 0 Å². The van der Waals surface area contributed by atoms with Crippen molar-refractivity contribution in [1.82, 2.24) is 4.72 Å². The van der Waals surface area contributed by atoms with Gasteiger partial charge in [-0.3, -0.25) is 4.79 Å². The number of benzene rings is 2. The second kappa shape index (κ2) is 7.42. The molecule has 1 amide bonds. The minimum absolute atomic E-state index is 0.00172. The summed E-state index contributed by atoms with van der Waals surface area (Å²) in [5.74, 6) is -0.740. The van der Waals surface area contributed by atoms with Crippen molar-refractivity contribution in [3.63, 3.8) is 0 Å². The molecule has 5 nitrogen and oxygen atoms in total. The summed E-state index contributed by atoms with van der Waals surface area (Å²) in [7, 11) is -4.00. The van der Waals surface area contributed by atoms with E-state index in [1.54, 1.807) is 6.07 Å². The summed E-state index contributed by atoms with van der Waals surface area (Å²) < 4.78 is 63.6. The molecule has 0 bridgehead atoms. The molecule has 0 saturated heterocycles. The molecule has 10 heteroatoms. The first-order chi connectivity index (χ1) is 11.6. The third kappa shape index (κ3) is 5.18. The first-order valence-corrected chi connectivity index (χ1v) is 8.67. The molecule has 0 atom stereocenters. The summed E-state index contributed by atoms with van der Waals surface area (Å²) in [5, 5.41) is 2.29. The van der Waals surface area contributed by atoms with Gasteiger partial charge in [-0.25, -0.2) is 13.1 Å². The summed E-state index contributed by atoms with van der Waals surface area (Å²) >= 11 is 5.79. The van der Waals surface area contributed by atoms with E-state index in [0.717, 1.165) is 24.3 Å². The normalized spacial score (nSPS) is 12.0. The van der Waals surface area contributed by atoms with E-state index in [-0.39, 0.29) is 15.6 Å². The Morgan fingerprint density at radius 2 is 1.64 bits per heavy atom. The van der Waals surface area contributed by atoms with Crippen LogP contribution in [0.5, 0.6) is 0 Å². The van der Waals surface area contributed by atoms with Gasteiger partial charge >= 0.3 is 6.18 Å². The predicted octanol–water partition coefficient (Wildman–Crippen LogP) is 3.28. The molecule has 0 aliphatic heterocycles. The first-order valence-electron chi connectivity index (χ1n) is 6.81. The Balaban J connectivity index is 1.98. The SMILES string of the molecule is O=C(CNS(=O)(=O)c1ccccc1Cl)Nc1ccc(C(F)(F)F)cc1. The molecule has 134 valence electrons. The van der Waals surface area contributed by atoms with Crippen molar-refractivity contribution in [3.8, 4) is 0 Å². The monoisotopic (exact) mass is 392 g/mol. The van der Waals surface area contributed by atoms with Crippen LogP contribution in [0.25, 0.3) is 0 Å². The predicted molar refractivity (Wildman–Crippen MR) is 86.7 cm³/mol. The van der Waals surface area contributed by atoms with Crippen LogP contribution in [0.2, 0.25) is 5.02 Å². The van der Waals surface area contributed by atoms with Crippen LogP contribution in [0.3, 0.4) is 0 Å². The van der Waals surface area contributed by atoms with Crippen LogP contribution in [0.15, 0.2) is 53.4 Å². The third-order valence-corrected chi connectivity index (χ3v) is 4.95. The molecule has 0 radical (unpaired) electrons. The maximum atomic E-state index is 12.5. The third-order valence-electron chi connectivity index (χ3n) is 3.04. The average molecular weight is 393 g/mol. The summed E-state index contributed by atoms with van der Waals surface area (Å²) in [6.07, 6.45) is -4.48. The number of hydrogen-bond donors (Lipinski definition) is 2. The molecule has 0 aliphatic carbocycles. The Bertz CT molecular complexity index is 868. The van der Waals surface area contributed by atoms with Crippen molar-refractivity contribution >= 4 is 33.2 Å². The molecule has 0 unspecified atom stereocenters. The van der Waals surface area contributed by atoms with E-state index in [0.29, 0.717) is 0 Å². The van der Waals surface area contributed by atoms with Gasteiger partial charge in [-0.05, 0) is 36.4 Å². The van der Waals surface area contributed by atoms with E-state index in [2.05, 4.69) is 10.0 Å². The zero-order valence-electron chi connectivity index (χ0n) is 12.5. The molecule has 0 heterocycles. The minimum atomic E-state index is -4.48. The van der Waals surface area contributed by atoms with Crippen molar-refractivity contribution in [3.05, 3.63) is 59.1 Å². The lowest BCUT2D eigenvalue weighted by atomic mass is 10.2. The average Bonchev–Trinajstić information content (AvgIpc) is 2.53. The van der Waals surface area contributed by atoms with Crippen molar-refractivity contribution < 1.29 is 26.4 Å². The molecule has 2 aromatic rings. The first kappa shape index (κ1) is 19.2. The molecule has 2 aromatic carbocycles. The fraction of sp³-hybridized carbons (Fsp3) is 0.133.